The number of halogens is 1. The van der Waals surface area contributed by atoms with Crippen LogP contribution < -0.4 is 9.80 Å². The van der Waals surface area contributed by atoms with Crippen LogP contribution in [0.3, 0.4) is 0 Å². The van der Waals surface area contributed by atoms with Crippen molar-refractivity contribution in [3.63, 3.8) is 0 Å². The first kappa shape index (κ1) is 18.5. The van der Waals surface area contributed by atoms with Crippen molar-refractivity contribution in [2.24, 2.45) is 0 Å². The molecule has 0 aliphatic carbocycles. The number of anilines is 2. The number of hydrogen-bond acceptors (Lipinski definition) is 6. The highest BCUT2D eigenvalue weighted by atomic mass is 35.5. The molecule has 9 heteroatoms. The molecule has 8 nitrogen and oxygen atoms in total. The van der Waals surface area contributed by atoms with E-state index >= 15 is 0 Å². The standard InChI is InChI=1S/C19H21ClN6O2/c1-24(2)17-13-8-16(25-6-4-3-5-7-25)14(20)9-15(13)22-19(23-17)26-11-12(10-21-26)18(27)28/h8-11H,3-7H2,1-2H3,(H,27,28). The third-order valence-corrected chi connectivity index (χ3v) is 5.19. The molecule has 1 fully saturated rings. The lowest BCUT2D eigenvalue weighted by Crippen LogP contribution is -2.29. The van der Waals surface area contributed by atoms with Gasteiger partial charge in [-0.05, 0) is 31.4 Å². The molecular weight excluding hydrogens is 380 g/mol. The molecule has 28 heavy (non-hydrogen) atoms. The first-order valence-corrected chi connectivity index (χ1v) is 9.54. The van der Waals surface area contributed by atoms with Crippen LogP contribution in [-0.4, -0.2) is 58.0 Å². The summed E-state index contributed by atoms with van der Waals surface area (Å²) in [5.74, 6) is -0.0260. The highest BCUT2D eigenvalue weighted by Crippen LogP contribution is 2.35. The largest absolute Gasteiger partial charge is 0.478 e. The molecule has 0 spiro atoms. The third-order valence-electron chi connectivity index (χ3n) is 4.89. The van der Waals surface area contributed by atoms with Crippen molar-refractivity contribution in [1.29, 1.82) is 0 Å². The molecule has 0 unspecified atom stereocenters. The van der Waals surface area contributed by atoms with E-state index in [2.05, 4.69) is 20.0 Å². The smallest absolute Gasteiger partial charge is 0.338 e. The number of aromatic nitrogens is 4. The van der Waals surface area contributed by atoms with E-state index in [1.807, 2.05) is 31.1 Å². The Bertz CT molecular complexity index is 1040. The minimum Gasteiger partial charge on any atom is -0.478 e. The molecule has 1 aliphatic heterocycles. The number of piperidine rings is 1. The van der Waals surface area contributed by atoms with Gasteiger partial charge in [0.15, 0.2) is 0 Å². The van der Waals surface area contributed by atoms with E-state index in [0.29, 0.717) is 16.5 Å². The lowest BCUT2D eigenvalue weighted by atomic mass is 10.1. The molecule has 1 aliphatic rings. The fourth-order valence-corrected chi connectivity index (χ4v) is 3.75. The van der Waals surface area contributed by atoms with Gasteiger partial charge in [0.25, 0.3) is 5.95 Å². The van der Waals surface area contributed by atoms with E-state index in [1.165, 1.54) is 23.5 Å². The number of aromatic carboxylic acids is 1. The van der Waals surface area contributed by atoms with Gasteiger partial charge in [0.1, 0.15) is 5.82 Å². The van der Waals surface area contributed by atoms with E-state index in [1.54, 1.807) is 0 Å². The Morgan fingerprint density at radius 2 is 1.93 bits per heavy atom. The molecule has 0 atom stereocenters. The van der Waals surface area contributed by atoms with Crippen LogP contribution in [0, 0.1) is 0 Å². The molecular formula is C19H21ClN6O2. The topological polar surface area (TPSA) is 87.4 Å². The van der Waals surface area contributed by atoms with Crippen molar-refractivity contribution in [3.8, 4) is 5.95 Å². The molecule has 0 bridgehead atoms. The Morgan fingerprint density at radius 3 is 2.57 bits per heavy atom. The van der Waals surface area contributed by atoms with Crippen molar-refractivity contribution < 1.29 is 9.90 Å². The molecule has 2 aromatic heterocycles. The van der Waals surface area contributed by atoms with E-state index in [0.717, 1.165) is 42.8 Å². The fourth-order valence-electron chi connectivity index (χ4n) is 3.47. The molecule has 1 N–H and O–H groups in total. The van der Waals surface area contributed by atoms with Crippen molar-refractivity contribution in [2.45, 2.75) is 19.3 Å². The van der Waals surface area contributed by atoms with Crippen LogP contribution in [0.5, 0.6) is 0 Å². The summed E-state index contributed by atoms with van der Waals surface area (Å²) in [6.45, 7) is 1.99. The first-order chi connectivity index (χ1) is 13.4. The maximum absolute atomic E-state index is 11.1. The third kappa shape index (κ3) is 3.35. The second-order valence-electron chi connectivity index (χ2n) is 7.09. The Morgan fingerprint density at radius 1 is 1.18 bits per heavy atom. The second-order valence-corrected chi connectivity index (χ2v) is 7.50. The van der Waals surface area contributed by atoms with Gasteiger partial charge in [-0.1, -0.05) is 11.6 Å². The van der Waals surface area contributed by atoms with Gasteiger partial charge in [0, 0.05) is 38.8 Å². The summed E-state index contributed by atoms with van der Waals surface area (Å²) in [6.07, 6.45) is 6.24. The number of nitrogens with zero attached hydrogens (tertiary/aromatic N) is 6. The first-order valence-electron chi connectivity index (χ1n) is 9.16. The van der Waals surface area contributed by atoms with E-state index in [-0.39, 0.29) is 5.56 Å². The average Bonchev–Trinajstić information content (AvgIpc) is 3.17. The summed E-state index contributed by atoms with van der Waals surface area (Å²) in [7, 11) is 3.82. The maximum Gasteiger partial charge on any atom is 0.338 e. The quantitative estimate of drug-likeness (QED) is 0.719. The van der Waals surface area contributed by atoms with Gasteiger partial charge in [0.05, 0.1) is 28.0 Å². The van der Waals surface area contributed by atoms with E-state index in [4.69, 9.17) is 16.7 Å². The van der Waals surface area contributed by atoms with Crippen LogP contribution in [0.4, 0.5) is 11.5 Å². The van der Waals surface area contributed by atoms with Crippen LogP contribution in [0.25, 0.3) is 16.9 Å². The zero-order valence-corrected chi connectivity index (χ0v) is 16.5. The number of carbonyl (C=O) groups is 1. The molecule has 4 rings (SSSR count). The summed E-state index contributed by atoms with van der Waals surface area (Å²) >= 11 is 6.60. The van der Waals surface area contributed by atoms with Gasteiger partial charge >= 0.3 is 5.97 Å². The van der Waals surface area contributed by atoms with Gasteiger partial charge in [0.2, 0.25) is 0 Å². The summed E-state index contributed by atoms with van der Waals surface area (Å²) in [4.78, 5) is 24.6. The Hall–Kier alpha value is -2.87. The molecule has 3 aromatic rings. The molecule has 0 radical (unpaired) electrons. The lowest BCUT2D eigenvalue weighted by molar-refractivity contribution is 0.0697. The Balaban J connectivity index is 1.85. The van der Waals surface area contributed by atoms with Gasteiger partial charge < -0.3 is 14.9 Å². The van der Waals surface area contributed by atoms with Crippen molar-refractivity contribution in [2.75, 3.05) is 37.0 Å². The molecule has 1 aromatic carbocycles. The van der Waals surface area contributed by atoms with Crippen molar-refractivity contribution in [1.82, 2.24) is 19.7 Å². The van der Waals surface area contributed by atoms with Crippen molar-refractivity contribution in [3.05, 3.63) is 35.1 Å². The van der Waals surface area contributed by atoms with Crippen LogP contribution in [-0.2, 0) is 0 Å². The SMILES string of the molecule is CN(C)c1nc(-n2cc(C(=O)O)cn2)nc2cc(Cl)c(N3CCCCC3)cc12. The molecule has 0 saturated carbocycles. The second kappa shape index (κ2) is 7.27. The minimum absolute atomic E-state index is 0.0774. The van der Waals surface area contributed by atoms with Crippen LogP contribution in [0.2, 0.25) is 5.02 Å². The average molecular weight is 401 g/mol. The Kier molecular flexibility index (Phi) is 4.80. The zero-order chi connectivity index (χ0) is 19.8. The van der Waals surface area contributed by atoms with Gasteiger partial charge in [-0.15, -0.1) is 0 Å². The summed E-state index contributed by atoms with van der Waals surface area (Å²) in [5.41, 5.74) is 1.76. The number of benzene rings is 1. The summed E-state index contributed by atoms with van der Waals surface area (Å²) in [6, 6.07) is 3.90. The number of hydrogen-bond donors (Lipinski definition) is 1. The zero-order valence-electron chi connectivity index (χ0n) is 15.8. The van der Waals surface area contributed by atoms with Gasteiger partial charge in [-0.2, -0.15) is 10.1 Å². The minimum atomic E-state index is -1.05. The van der Waals surface area contributed by atoms with E-state index in [9.17, 15) is 4.79 Å². The van der Waals surface area contributed by atoms with Crippen molar-refractivity contribution >= 4 is 40.0 Å². The van der Waals surface area contributed by atoms with Crippen LogP contribution in [0.15, 0.2) is 24.5 Å². The van der Waals surface area contributed by atoms with Gasteiger partial charge in [-0.3, -0.25) is 0 Å². The number of carboxylic acid groups (broad SMARTS) is 1. The predicted molar refractivity (Wildman–Crippen MR) is 109 cm³/mol. The maximum atomic E-state index is 11.1. The lowest BCUT2D eigenvalue weighted by Gasteiger charge is -2.30. The number of carboxylic acids is 1. The molecule has 146 valence electrons. The highest BCUT2D eigenvalue weighted by Gasteiger charge is 2.19. The predicted octanol–water partition coefficient (Wildman–Crippen LogP) is 3.22. The molecule has 3 heterocycles. The summed E-state index contributed by atoms with van der Waals surface area (Å²) in [5, 5.41) is 14.7. The Labute approximate surface area is 167 Å². The highest BCUT2D eigenvalue weighted by molar-refractivity contribution is 6.34. The molecule has 1 saturated heterocycles. The normalized spacial score (nSPS) is 14.5. The van der Waals surface area contributed by atoms with Crippen LogP contribution in [0.1, 0.15) is 29.6 Å². The monoisotopic (exact) mass is 400 g/mol. The number of rotatable bonds is 4. The summed E-state index contributed by atoms with van der Waals surface area (Å²) < 4.78 is 1.36. The fraction of sp³-hybridized carbons (Fsp3) is 0.368. The van der Waals surface area contributed by atoms with Gasteiger partial charge in [-0.25, -0.2) is 14.5 Å². The molecule has 0 amide bonds. The van der Waals surface area contributed by atoms with E-state index < -0.39 is 5.97 Å². The van der Waals surface area contributed by atoms with Crippen LogP contribution >= 0.6 is 11.6 Å². The number of fused-ring (bicyclic) bond motifs is 1.